The number of hydrogen-bond donors (Lipinski definition) is 1. The number of nitrogen functional groups attached to an aromatic ring is 1. The van der Waals surface area contributed by atoms with Gasteiger partial charge in [-0.2, -0.15) is 4.31 Å². The van der Waals surface area contributed by atoms with E-state index < -0.39 is 10.0 Å². The summed E-state index contributed by atoms with van der Waals surface area (Å²) in [6, 6.07) is 4.57. The van der Waals surface area contributed by atoms with Crippen molar-refractivity contribution in [1.29, 1.82) is 0 Å². The van der Waals surface area contributed by atoms with Crippen LogP contribution in [0, 0.1) is 5.92 Å². The summed E-state index contributed by atoms with van der Waals surface area (Å²) < 4.78 is 26.9. The van der Waals surface area contributed by atoms with Crippen LogP contribution in [-0.4, -0.2) is 25.8 Å². The van der Waals surface area contributed by atoms with Crippen LogP contribution in [0.25, 0.3) is 0 Å². The lowest BCUT2D eigenvalue weighted by atomic mass is 9.86. The average molecular weight is 317 g/mol. The zero-order chi connectivity index (χ0) is 14.9. The quantitative estimate of drug-likeness (QED) is 0.871. The Kier molecular flexibility index (Phi) is 4.62. The first-order chi connectivity index (χ1) is 9.34. The Bertz CT molecular complexity index is 589. The molecule has 2 N–H and O–H groups in total. The highest BCUT2D eigenvalue weighted by Crippen LogP contribution is 2.33. The van der Waals surface area contributed by atoms with Gasteiger partial charge in [-0.15, -0.1) is 0 Å². The molecule has 0 amide bonds. The molecule has 1 saturated carbocycles. The van der Waals surface area contributed by atoms with Crippen molar-refractivity contribution < 1.29 is 8.42 Å². The molecule has 0 heterocycles. The molecule has 0 saturated heterocycles. The Morgan fingerprint density at radius 3 is 2.55 bits per heavy atom. The van der Waals surface area contributed by atoms with E-state index >= 15 is 0 Å². The first kappa shape index (κ1) is 15.6. The molecule has 1 aliphatic rings. The van der Waals surface area contributed by atoms with E-state index in [-0.39, 0.29) is 16.0 Å². The fourth-order valence-electron chi connectivity index (χ4n) is 2.90. The molecule has 4 nitrogen and oxygen atoms in total. The second-order valence-electron chi connectivity index (χ2n) is 5.54. The smallest absolute Gasteiger partial charge is 0.244 e. The van der Waals surface area contributed by atoms with Gasteiger partial charge >= 0.3 is 0 Å². The Balaban J connectivity index is 2.33. The third-order valence-electron chi connectivity index (χ3n) is 4.15. The lowest BCUT2D eigenvalue weighted by Gasteiger charge is -2.35. The van der Waals surface area contributed by atoms with Gasteiger partial charge in [0, 0.05) is 18.8 Å². The molecule has 1 fully saturated rings. The van der Waals surface area contributed by atoms with Crippen LogP contribution in [0.2, 0.25) is 5.02 Å². The van der Waals surface area contributed by atoms with Gasteiger partial charge in [0.15, 0.2) is 0 Å². The molecular formula is C14H21ClN2O2S. The van der Waals surface area contributed by atoms with E-state index in [0.717, 1.165) is 19.3 Å². The molecule has 112 valence electrons. The number of anilines is 1. The summed E-state index contributed by atoms with van der Waals surface area (Å²) in [6.07, 6.45) is 4.22. The maximum absolute atomic E-state index is 12.7. The Morgan fingerprint density at radius 2 is 1.95 bits per heavy atom. The van der Waals surface area contributed by atoms with Crippen molar-refractivity contribution in [2.24, 2.45) is 5.92 Å². The van der Waals surface area contributed by atoms with Crippen LogP contribution in [0.4, 0.5) is 5.69 Å². The Morgan fingerprint density at radius 1 is 1.30 bits per heavy atom. The second kappa shape index (κ2) is 5.92. The van der Waals surface area contributed by atoms with E-state index in [1.54, 1.807) is 13.1 Å². The van der Waals surface area contributed by atoms with Crippen LogP contribution < -0.4 is 5.73 Å². The number of hydrogen-bond acceptors (Lipinski definition) is 3. The summed E-state index contributed by atoms with van der Waals surface area (Å²) >= 11 is 6.05. The van der Waals surface area contributed by atoms with Crippen molar-refractivity contribution in [3.63, 3.8) is 0 Å². The fraction of sp³-hybridized carbons (Fsp3) is 0.571. The van der Waals surface area contributed by atoms with Gasteiger partial charge in [-0.25, -0.2) is 8.42 Å². The van der Waals surface area contributed by atoms with Crippen molar-refractivity contribution in [3.8, 4) is 0 Å². The maximum atomic E-state index is 12.7. The highest BCUT2D eigenvalue weighted by atomic mass is 35.5. The normalized spacial score (nSPS) is 24.0. The van der Waals surface area contributed by atoms with Gasteiger partial charge in [0.2, 0.25) is 10.0 Å². The molecule has 0 radical (unpaired) electrons. The topological polar surface area (TPSA) is 63.4 Å². The van der Waals surface area contributed by atoms with E-state index in [4.69, 9.17) is 17.3 Å². The number of rotatable bonds is 3. The largest absolute Gasteiger partial charge is 0.399 e. The number of nitrogens with two attached hydrogens (primary N) is 1. The van der Waals surface area contributed by atoms with Crippen LogP contribution in [0.1, 0.15) is 32.6 Å². The second-order valence-corrected chi connectivity index (χ2v) is 7.91. The summed E-state index contributed by atoms with van der Waals surface area (Å²) in [6.45, 7) is 2.11. The van der Waals surface area contributed by atoms with Gasteiger partial charge in [-0.3, -0.25) is 0 Å². The van der Waals surface area contributed by atoms with Gasteiger partial charge in [0.1, 0.15) is 4.90 Å². The standard InChI is InChI=1S/C14H21ClN2O2S/c1-10-5-3-4-6-13(10)17(2)20(18,19)14-8-7-11(16)9-12(14)15/h7-10,13H,3-6,16H2,1-2H3. The number of benzene rings is 1. The predicted molar refractivity (Wildman–Crippen MR) is 82.2 cm³/mol. The van der Waals surface area contributed by atoms with Crippen LogP contribution in [0.15, 0.2) is 23.1 Å². The summed E-state index contributed by atoms with van der Waals surface area (Å²) in [4.78, 5) is 0.133. The maximum Gasteiger partial charge on any atom is 0.244 e. The molecule has 0 bridgehead atoms. The lowest BCUT2D eigenvalue weighted by Crippen LogP contribution is -2.42. The van der Waals surface area contributed by atoms with Gasteiger partial charge < -0.3 is 5.73 Å². The average Bonchev–Trinajstić information content (AvgIpc) is 2.38. The number of halogens is 1. The molecule has 0 spiro atoms. The molecule has 0 aromatic heterocycles. The minimum atomic E-state index is -3.57. The molecular weight excluding hydrogens is 296 g/mol. The van der Waals surface area contributed by atoms with E-state index in [0.29, 0.717) is 11.6 Å². The predicted octanol–water partition coefficient (Wildman–Crippen LogP) is 3.12. The third-order valence-corrected chi connectivity index (χ3v) is 6.51. The van der Waals surface area contributed by atoms with Crippen molar-refractivity contribution in [1.82, 2.24) is 4.31 Å². The van der Waals surface area contributed by atoms with E-state index in [9.17, 15) is 8.42 Å². The van der Waals surface area contributed by atoms with Gasteiger partial charge in [-0.05, 0) is 37.0 Å². The molecule has 1 aromatic carbocycles. The third kappa shape index (κ3) is 2.95. The summed E-state index contributed by atoms with van der Waals surface area (Å²) in [5, 5.41) is 0.181. The minimum Gasteiger partial charge on any atom is -0.399 e. The highest BCUT2D eigenvalue weighted by molar-refractivity contribution is 7.89. The van der Waals surface area contributed by atoms with Crippen molar-refractivity contribution >= 4 is 27.3 Å². The van der Waals surface area contributed by atoms with Crippen molar-refractivity contribution in [3.05, 3.63) is 23.2 Å². The molecule has 1 aliphatic carbocycles. The zero-order valence-corrected chi connectivity index (χ0v) is 13.4. The molecule has 6 heteroatoms. The van der Waals surface area contributed by atoms with Crippen molar-refractivity contribution in [2.45, 2.75) is 43.5 Å². The molecule has 2 unspecified atom stereocenters. The molecule has 1 aromatic rings. The van der Waals surface area contributed by atoms with E-state index in [1.165, 1.54) is 22.9 Å². The SMILES string of the molecule is CC1CCCCC1N(C)S(=O)(=O)c1ccc(N)cc1Cl. The zero-order valence-electron chi connectivity index (χ0n) is 11.8. The molecule has 0 aliphatic heterocycles. The van der Waals surface area contributed by atoms with Gasteiger partial charge in [0.25, 0.3) is 0 Å². The van der Waals surface area contributed by atoms with Gasteiger partial charge in [0.05, 0.1) is 5.02 Å². The van der Waals surface area contributed by atoms with Crippen LogP contribution in [0.5, 0.6) is 0 Å². The van der Waals surface area contributed by atoms with E-state index in [2.05, 4.69) is 6.92 Å². The summed E-state index contributed by atoms with van der Waals surface area (Å²) in [5.41, 5.74) is 6.08. The molecule has 2 atom stereocenters. The number of sulfonamides is 1. The van der Waals surface area contributed by atoms with Gasteiger partial charge in [-0.1, -0.05) is 31.4 Å². The fourth-order valence-corrected chi connectivity index (χ4v) is 4.90. The van der Waals surface area contributed by atoms with Crippen LogP contribution in [0.3, 0.4) is 0 Å². The molecule has 2 rings (SSSR count). The van der Waals surface area contributed by atoms with Crippen LogP contribution >= 0.6 is 11.6 Å². The Labute approximate surface area is 126 Å². The monoisotopic (exact) mass is 316 g/mol. The minimum absolute atomic E-state index is 0.0439. The lowest BCUT2D eigenvalue weighted by molar-refractivity contribution is 0.213. The van der Waals surface area contributed by atoms with Crippen LogP contribution in [-0.2, 0) is 10.0 Å². The first-order valence-electron chi connectivity index (χ1n) is 6.87. The highest BCUT2D eigenvalue weighted by Gasteiger charge is 2.33. The van der Waals surface area contributed by atoms with E-state index in [1.807, 2.05) is 0 Å². The summed E-state index contributed by atoms with van der Waals surface area (Å²) in [7, 11) is -1.93. The van der Waals surface area contributed by atoms with Crippen molar-refractivity contribution in [2.75, 3.05) is 12.8 Å². The first-order valence-corrected chi connectivity index (χ1v) is 8.69. The Hall–Kier alpha value is -0.780. The molecule has 20 heavy (non-hydrogen) atoms. The number of nitrogens with zero attached hydrogens (tertiary/aromatic N) is 1. The summed E-state index contributed by atoms with van der Waals surface area (Å²) in [5.74, 6) is 0.371.